The van der Waals surface area contributed by atoms with Crippen LogP contribution in [0, 0.1) is 0 Å². The third kappa shape index (κ3) is 30.2. The van der Waals surface area contributed by atoms with Crippen LogP contribution in [-0.4, -0.2) is 184 Å². The number of benzene rings is 2. The zero-order valence-electron chi connectivity index (χ0n) is 35.0. The molecule has 0 spiro atoms. The van der Waals surface area contributed by atoms with Crippen LogP contribution in [0.2, 0.25) is 0 Å². The molecule has 0 fully saturated rings. The largest absolute Gasteiger partial charge is 0.467 e. The maximum Gasteiger partial charge on any atom is 0.416 e. The van der Waals surface area contributed by atoms with Crippen LogP contribution in [0.3, 0.4) is 0 Å². The highest BCUT2D eigenvalue weighted by Crippen LogP contribution is 2.32. The van der Waals surface area contributed by atoms with Crippen molar-refractivity contribution in [2.75, 3.05) is 178 Å². The van der Waals surface area contributed by atoms with E-state index in [9.17, 15) is 22.8 Å². The molecule has 0 amide bonds. The smallest absolute Gasteiger partial charge is 0.416 e. The molecule has 0 aliphatic rings. The van der Waals surface area contributed by atoms with Crippen molar-refractivity contribution in [1.29, 1.82) is 0 Å². The summed E-state index contributed by atoms with van der Waals surface area (Å²) >= 11 is 0. The van der Waals surface area contributed by atoms with Gasteiger partial charge in [0.1, 0.15) is 13.2 Å². The number of hydrogen-bond donors (Lipinski definition) is 1. The van der Waals surface area contributed by atoms with E-state index in [0.29, 0.717) is 151 Å². The van der Waals surface area contributed by atoms with E-state index in [-0.39, 0.29) is 31.1 Å². The lowest BCUT2D eigenvalue weighted by atomic mass is 10.1. The zero-order chi connectivity index (χ0) is 43.9. The minimum atomic E-state index is -4.48. The average Bonchev–Trinajstić information content (AvgIpc) is 3.25. The van der Waals surface area contributed by atoms with Gasteiger partial charge in [0.15, 0.2) is 0 Å². The third-order valence-electron chi connectivity index (χ3n) is 7.62. The van der Waals surface area contributed by atoms with Gasteiger partial charge in [0.05, 0.1) is 176 Å². The number of alkyl halides is 3. The second-order valence-corrected chi connectivity index (χ2v) is 12.2. The van der Waals surface area contributed by atoms with Gasteiger partial charge in [-0.3, -0.25) is 0 Å². The summed E-state index contributed by atoms with van der Waals surface area (Å²) in [6.45, 7) is 9.29. The van der Waals surface area contributed by atoms with E-state index in [1.54, 1.807) is 18.2 Å². The number of esters is 2. The SMILES string of the molecule is COC(=O)COCCOCCOCCOCCOCCOCCOCCOCCOCCOCCOCCOCCOC(=O)c1ccccc1Nc1cccc(C(F)(F)F)c1. The minimum absolute atomic E-state index is 0.00916. The van der Waals surface area contributed by atoms with E-state index in [0.717, 1.165) is 12.1 Å². The van der Waals surface area contributed by atoms with Crippen LogP contribution < -0.4 is 5.32 Å². The number of hydrogen-bond acceptors (Lipinski definition) is 17. The van der Waals surface area contributed by atoms with Crippen molar-refractivity contribution < 1.29 is 89.1 Å². The Morgan fingerprint density at radius 3 is 1.21 bits per heavy atom. The molecule has 0 radical (unpaired) electrons. The summed E-state index contributed by atoms with van der Waals surface area (Å²) in [6.07, 6.45) is -4.48. The van der Waals surface area contributed by atoms with Crippen molar-refractivity contribution in [2.24, 2.45) is 0 Å². The topological polar surface area (TPSA) is 175 Å². The Hall–Kier alpha value is -3.51. The summed E-state index contributed by atoms with van der Waals surface area (Å²) in [5.74, 6) is -1.06. The van der Waals surface area contributed by atoms with Gasteiger partial charge in [0.2, 0.25) is 0 Å². The Labute approximate surface area is 355 Å². The van der Waals surface area contributed by atoms with Gasteiger partial charge in [-0.1, -0.05) is 18.2 Å². The van der Waals surface area contributed by atoms with Crippen LogP contribution in [0.5, 0.6) is 0 Å². The molecule has 0 saturated carbocycles. The first kappa shape index (κ1) is 53.6. The fourth-order valence-corrected chi connectivity index (χ4v) is 4.60. The molecule has 0 atom stereocenters. The van der Waals surface area contributed by atoms with Gasteiger partial charge >= 0.3 is 18.1 Å². The van der Waals surface area contributed by atoms with E-state index in [1.165, 1.54) is 25.3 Å². The highest BCUT2D eigenvalue weighted by molar-refractivity contribution is 5.96. The highest BCUT2D eigenvalue weighted by Gasteiger charge is 2.30. The number of carbonyl (C=O) groups excluding carboxylic acids is 2. The van der Waals surface area contributed by atoms with Gasteiger partial charge < -0.3 is 71.6 Å². The van der Waals surface area contributed by atoms with Crippen molar-refractivity contribution in [3.8, 4) is 0 Å². The summed E-state index contributed by atoms with van der Waals surface area (Å²) < 4.78 is 114. The lowest BCUT2D eigenvalue weighted by Gasteiger charge is -2.13. The van der Waals surface area contributed by atoms with Gasteiger partial charge in [-0.15, -0.1) is 0 Å². The molecule has 61 heavy (non-hydrogen) atoms. The first-order chi connectivity index (χ1) is 29.8. The molecular formula is C41H62F3NO16. The second-order valence-electron chi connectivity index (χ2n) is 12.2. The Morgan fingerprint density at radius 2 is 0.836 bits per heavy atom. The van der Waals surface area contributed by atoms with Crippen LogP contribution in [0.4, 0.5) is 24.5 Å². The van der Waals surface area contributed by atoms with Crippen LogP contribution >= 0.6 is 0 Å². The minimum Gasteiger partial charge on any atom is -0.467 e. The molecule has 0 aliphatic carbocycles. The number of methoxy groups -OCH3 is 1. The number of carbonyl (C=O) groups is 2. The van der Waals surface area contributed by atoms with E-state index in [2.05, 4.69) is 10.1 Å². The Morgan fingerprint density at radius 1 is 0.475 bits per heavy atom. The van der Waals surface area contributed by atoms with E-state index in [1.807, 2.05) is 0 Å². The third-order valence-corrected chi connectivity index (χ3v) is 7.62. The molecule has 1 N–H and O–H groups in total. The maximum absolute atomic E-state index is 13.1. The molecule has 0 bridgehead atoms. The van der Waals surface area contributed by atoms with Gasteiger partial charge in [-0.25, -0.2) is 9.59 Å². The Bertz CT molecular complexity index is 1380. The number of halogens is 3. The van der Waals surface area contributed by atoms with E-state index in [4.69, 9.17) is 61.6 Å². The number of para-hydroxylation sites is 1. The van der Waals surface area contributed by atoms with Gasteiger partial charge in [-0.2, -0.15) is 13.2 Å². The van der Waals surface area contributed by atoms with Gasteiger partial charge in [0.25, 0.3) is 0 Å². The summed E-state index contributed by atoms with van der Waals surface area (Å²) in [5, 5.41) is 2.86. The van der Waals surface area contributed by atoms with Crippen molar-refractivity contribution in [3.05, 3.63) is 59.7 Å². The molecule has 0 aromatic heterocycles. The van der Waals surface area contributed by atoms with Gasteiger partial charge in [-0.05, 0) is 30.3 Å². The zero-order valence-corrected chi connectivity index (χ0v) is 35.0. The fraction of sp³-hybridized carbons (Fsp3) is 0.659. The Kier molecular flexibility index (Phi) is 32.6. The number of nitrogens with one attached hydrogen (secondary N) is 1. The first-order valence-electron chi connectivity index (χ1n) is 20.0. The van der Waals surface area contributed by atoms with Crippen LogP contribution in [0.15, 0.2) is 48.5 Å². The molecule has 20 heteroatoms. The molecule has 0 aliphatic heterocycles. The van der Waals surface area contributed by atoms with E-state index >= 15 is 0 Å². The van der Waals surface area contributed by atoms with Crippen LogP contribution in [0.25, 0.3) is 0 Å². The van der Waals surface area contributed by atoms with Gasteiger partial charge in [0, 0.05) is 5.69 Å². The molecule has 17 nitrogen and oxygen atoms in total. The molecule has 2 aromatic carbocycles. The van der Waals surface area contributed by atoms with Crippen molar-refractivity contribution in [2.45, 2.75) is 6.18 Å². The standard InChI is InChI=1S/C41H62F3NO16/c1-48-39(46)34-60-30-29-58-26-25-56-22-21-54-18-17-52-14-13-50-10-9-49-11-12-51-15-16-53-19-20-55-23-24-57-27-28-59-31-32-61-40(47)37-7-2-3-8-38(37)45-36-6-4-5-35(33-36)41(42,43)44/h2-8,33,45H,9-32,34H2,1H3. The maximum atomic E-state index is 13.1. The molecule has 0 heterocycles. The monoisotopic (exact) mass is 881 g/mol. The predicted molar refractivity (Wildman–Crippen MR) is 213 cm³/mol. The summed E-state index contributed by atoms with van der Waals surface area (Å²) in [7, 11) is 1.31. The molecule has 2 rings (SSSR count). The second kappa shape index (κ2) is 37.1. The Balaban J connectivity index is 1.24. The number of anilines is 2. The first-order valence-corrected chi connectivity index (χ1v) is 20.0. The lowest BCUT2D eigenvalue weighted by molar-refractivity contribution is -0.146. The van der Waals surface area contributed by atoms with Crippen molar-refractivity contribution in [1.82, 2.24) is 0 Å². The number of ether oxygens (including phenoxy) is 14. The van der Waals surface area contributed by atoms with Crippen molar-refractivity contribution in [3.63, 3.8) is 0 Å². The van der Waals surface area contributed by atoms with Crippen molar-refractivity contribution >= 4 is 23.3 Å². The average molecular weight is 882 g/mol. The highest BCUT2D eigenvalue weighted by atomic mass is 19.4. The summed E-state index contributed by atoms with van der Waals surface area (Å²) in [4.78, 5) is 23.5. The van der Waals surface area contributed by atoms with E-state index < -0.39 is 23.7 Å². The molecule has 348 valence electrons. The molecular weight excluding hydrogens is 819 g/mol. The number of rotatable bonds is 41. The summed E-state index contributed by atoms with van der Waals surface area (Å²) in [6, 6.07) is 11.1. The molecule has 0 saturated heterocycles. The quantitative estimate of drug-likeness (QED) is 0.0750. The summed E-state index contributed by atoms with van der Waals surface area (Å²) in [5.41, 5.74) is -0.111. The molecule has 2 aromatic rings. The fourth-order valence-electron chi connectivity index (χ4n) is 4.60. The predicted octanol–water partition coefficient (Wildman–Crippen LogP) is 3.98. The normalized spacial score (nSPS) is 11.5. The lowest BCUT2D eigenvalue weighted by Crippen LogP contribution is -2.16. The molecule has 0 unspecified atom stereocenters. The van der Waals surface area contributed by atoms with Crippen LogP contribution in [-0.2, 0) is 77.3 Å². The van der Waals surface area contributed by atoms with Crippen LogP contribution in [0.1, 0.15) is 15.9 Å².